The molecule has 0 fully saturated rings. The Labute approximate surface area is 91.6 Å². The van der Waals surface area contributed by atoms with E-state index >= 15 is 0 Å². The van der Waals surface area contributed by atoms with Crippen molar-refractivity contribution >= 4 is 0 Å². The molecule has 1 aromatic rings. The topological polar surface area (TPSA) is 47.3 Å². The number of benzene rings is 1. The predicted octanol–water partition coefficient (Wildman–Crippen LogP) is 1.61. The fourth-order valence-corrected chi connectivity index (χ4v) is 1.60. The van der Waals surface area contributed by atoms with Crippen molar-refractivity contribution in [1.82, 2.24) is 5.32 Å². The Balaban J connectivity index is 2.85. The summed E-state index contributed by atoms with van der Waals surface area (Å²) in [6.45, 7) is 2.98. The van der Waals surface area contributed by atoms with Crippen LogP contribution in [0.3, 0.4) is 0 Å². The molecule has 0 spiro atoms. The molecule has 0 aliphatic heterocycles. The third kappa shape index (κ3) is 3.22. The molecule has 1 unspecified atom stereocenters. The number of methoxy groups -OCH3 is 1. The molecule has 3 heteroatoms. The second kappa shape index (κ2) is 5.73. The quantitative estimate of drug-likeness (QED) is 0.773. The third-order valence-corrected chi connectivity index (χ3v) is 2.49. The van der Waals surface area contributed by atoms with E-state index in [1.807, 2.05) is 19.2 Å². The highest BCUT2D eigenvalue weighted by Crippen LogP contribution is 2.26. The van der Waals surface area contributed by atoms with Crippen LogP contribution in [0.5, 0.6) is 5.75 Å². The van der Waals surface area contributed by atoms with E-state index in [1.54, 1.807) is 7.11 Å². The summed E-state index contributed by atoms with van der Waals surface area (Å²) >= 11 is 0. The minimum atomic E-state index is 0.0345. The van der Waals surface area contributed by atoms with Crippen LogP contribution >= 0.6 is 0 Å². The van der Waals surface area contributed by atoms with Crippen molar-refractivity contribution in [3.8, 4) is 5.75 Å². The van der Waals surface area contributed by atoms with Crippen LogP contribution in [-0.2, 0) is 0 Å². The largest absolute Gasteiger partial charge is 0.496 e. The molecule has 0 aromatic heterocycles. The maximum absolute atomic E-state index is 6.11. The number of aryl methyl sites for hydroxylation is 1. The molecule has 1 rings (SSSR count). The van der Waals surface area contributed by atoms with Gasteiger partial charge >= 0.3 is 0 Å². The summed E-state index contributed by atoms with van der Waals surface area (Å²) in [6, 6.07) is 6.14. The van der Waals surface area contributed by atoms with E-state index in [1.165, 1.54) is 5.56 Å². The molecule has 0 saturated heterocycles. The molecule has 1 atom stereocenters. The lowest BCUT2D eigenvalue weighted by Gasteiger charge is -2.16. The van der Waals surface area contributed by atoms with E-state index in [-0.39, 0.29) is 6.04 Å². The van der Waals surface area contributed by atoms with E-state index in [0.29, 0.717) is 0 Å². The van der Waals surface area contributed by atoms with E-state index in [0.717, 1.165) is 24.3 Å². The van der Waals surface area contributed by atoms with Gasteiger partial charge in [0.05, 0.1) is 7.11 Å². The van der Waals surface area contributed by atoms with Gasteiger partial charge < -0.3 is 15.8 Å². The van der Waals surface area contributed by atoms with Gasteiger partial charge in [0.2, 0.25) is 0 Å². The van der Waals surface area contributed by atoms with Crippen molar-refractivity contribution in [3.63, 3.8) is 0 Å². The smallest absolute Gasteiger partial charge is 0.123 e. The zero-order valence-corrected chi connectivity index (χ0v) is 9.71. The number of nitrogens with one attached hydrogen (secondary N) is 1. The molecule has 1 aromatic carbocycles. The second-order valence-corrected chi connectivity index (χ2v) is 3.74. The first kappa shape index (κ1) is 12.0. The van der Waals surface area contributed by atoms with Gasteiger partial charge in [-0.25, -0.2) is 0 Å². The van der Waals surface area contributed by atoms with E-state index in [2.05, 4.69) is 18.3 Å². The molecule has 0 amide bonds. The van der Waals surface area contributed by atoms with Gasteiger partial charge in [0.25, 0.3) is 0 Å². The second-order valence-electron chi connectivity index (χ2n) is 3.74. The van der Waals surface area contributed by atoms with Crippen molar-refractivity contribution in [2.45, 2.75) is 19.4 Å². The van der Waals surface area contributed by atoms with Gasteiger partial charge in [-0.3, -0.25) is 0 Å². The fourth-order valence-electron chi connectivity index (χ4n) is 1.60. The van der Waals surface area contributed by atoms with Crippen molar-refractivity contribution < 1.29 is 4.74 Å². The standard InChI is InChI=1S/C12H20N2O/c1-9-4-5-12(15-3)10(8-9)11(13)6-7-14-2/h4-5,8,11,14H,6-7,13H2,1-3H3. The predicted molar refractivity (Wildman–Crippen MR) is 63.2 cm³/mol. The zero-order valence-electron chi connectivity index (χ0n) is 9.71. The summed E-state index contributed by atoms with van der Waals surface area (Å²) in [5, 5.41) is 3.10. The van der Waals surface area contributed by atoms with Crippen LogP contribution in [0.1, 0.15) is 23.6 Å². The first-order valence-electron chi connectivity index (χ1n) is 5.23. The molecule has 0 aliphatic carbocycles. The Morgan fingerprint density at radius 1 is 1.47 bits per heavy atom. The molecule has 3 nitrogen and oxygen atoms in total. The third-order valence-electron chi connectivity index (χ3n) is 2.49. The minimum absolute atomic E-state index is 0.0345. The monoisotopic (exact) mass is 208 g/mol. The number of ether oxygens (including phenoxy) is 1. The van der Waals surface area contributed by atoms with Gasteiger partial charge in [-0.05, 0) is 33.0 Å². The van der Waals surface area contributed by atoms with Gasteiger partial charge in [0.1, 0.15) is 5.75 Å². The van der Waals surface area contributed by atoms with Crippen molar-refractivity contribution in [2.75, 3.05) is 20.7 Å². The SMILES string of the molecule is CNCCC(N)c1cc(C)ccc1OC. The van der Waals surface area contributed by atoms with Gasteiger partial charge in [-0.1, -0.05) is 17.7 Å². The van der Waals surface area contributed by atoms with Gasteiger partial charge in [-0.15, -0.1) is 0 Å². The van der Waals surface area contributed by atoms with Crippen LogP contribution in [-0.4, -0.2) is 20.7 Å². The highest BCUT2D eigenvalue weighted by molar-refractivity contribution is 5.38. The summed E-state index contributed by atoms with van der Waals surface area (Å²) in [5.74, 6) is 0.879. The van der Waals surface area contributed by atoms with E-state index in [4.69, 9.17) is 10.5 Å². The lowest BCUT2D eigenvalue weighted by molar-refractivity contribution is 0.404. The Morgan fingerprint density at radius 2 is 2.20 bits per heavy atom. The van der Waals surface area contributed by atoms with E-state index in [9.17, 15) is 0 Å². The fraction of sp³-hybridized carbons (Fsp3) is 0.500. The Kier molecular flexibility index (Phi) is 4.59. The molecular formula is C12H20N2O. The van der Waals surface area contributed by atoms with Crippen LogP contribution in [0.2, 0.25) is 0 Å². The Morgan fingerprint density at radius 3 is 2.80 bits per heavy atom. The lowest BCUT2D eigenvalue weighted by Crippen LogP contribution is -2.18. The van der Waals surface area contributed by atoms with Crippen molar-refractivity contribution in [3.05, 3.63) is 29.3 Å². The van der Waals surface area contributed by atoms with Crippen LogP contribution < -0.4 is 15.8 Å². The van der Waals surface area contributed by atoms with Gasteiger partial charge in [-0.2, -0.15) is 0 Å². The van der Waals surface area contributed by atoms with Gasteiger partial charge in [0.15, 0.2) is 0 Å². The molecule has 3 N–H and O–H groups in total. The zero-order chi connectivity index (χ0) is 11.3. The molecular weight excluding hydrogens is 188 g/mol. The molecule has 15 heavy (non-hydrogen) atoms. The number of hydrogen-bond acceptors (Lipinski definition) is 3. The molecule has 0 heterocycles. The molecule has 84 valence electrons. The first-order valence-corrected chi connectivity index (χ1v) is 5.23. The van der Waals surface area contributed by atoms with Crippen molar-refractivity contribution in [1.29, 1.82) is 0 Å². The average molecular weight is 208 g/mol. The summed E-state index contributed by atoms with van der Waals surface area (Å²) < 4.78 is 5.30. The highest BCUT2D eigenvalue weighted by atomic mass is 16.5. The lowest BCUT2D eigenvalue weighted by atomic mass is 10.0. The Bertz CT molecular complexity index is 312. The van der Waals surface area contributed by atoms with Crippen LogP contribution in [0, 0.1) is 6.92 Å². The van der Waals surface area contributed by atoms with Crippen LogP contribution in [0.4, 0.5) is 0 Å². The number of rotatable bonds is 5. The van der Waals surface area contributed by atoms with Crippen molar-refractivity contribution in [2.24, 2.45) is 5.73 Å². The van der Waals surface area contributed by atoms with Crippen LogP contribution in [0.25, 0.3) is 0 Å². The van der Waals surface area contributed by atoms with Gasteiger partial charge in [0, 0.05) is 11.6 Å². The molecule has 0 aliphatic rings. The maximum atomic E-state index is 6.11. The van der Waals surface area contributed by atoms with E-state index < -0.39 is 0 Å². The average Bonchev–Trinajstić information content (AvgIpc) is 2.25. The molecule has 0 saturated carbocycles. The highest BCUT2D eigenvalue weighted by Gasteiger charge is 2.11. The summed E-state index contributed by atoms with van der Waals surface area (Å²) in [6.07, 6.45) is 0.913. The number of nitrogens with two attached hydrogens (primary N) is 1. The maximum Gasteiger partial charge on any atom is 0.123 e. The Hall–Kier alpha value is -1.06. The summed E-state index contributed by atoms with van der Waals surface area (Å²) in [4.78, 5) is 0. The number of hydrogen-bond donors (Lipinski definition) is 2. The summed E-state index contributed by atoms with van der Waals surface area (Å²) in [7, 11) is 3.61. The first-order chi connectivity index (χ1) is 7.19. The molecule has 0 radical (unpaired) electrons. The van der Waals surface area contributed by atoms with Crippen LogP contribution in [0.15, 0.2) is 18.2 Å². The summed E-state index contributed by atoms with van der Waals surface area (Å²) in [5.41, 5.74) is 8.41. The molecule has 0 bridgehead atoms. The minimum Gasteiger partial charge on any atom is -0.496 e. The normalized spacial score (nSPS) is 12.5.